The molecule has 3 heterocycles. The van der Waals surface area contributed by atoms with Crippen molar-refractivity contribution < 1.29 is 9.84 Å². The molecule has 0 aliphatic carbocycles. The lowest BCUT2D eigenvalue weighted by atomic mass is 9.97. The topological polar surface area (TPSA) is 60.2 Å². The average Bonchev–Trinajstić information content (AvgIpc) is 3.22. The molecule has 0 unspecified atom stereocenters. The fourth-order valence-electron chi connectivity index (χ4n) is 4.98. The Balaban J connectivity index is 1.52. The molecular weight excluding hydrogens is 458 g/mol. The van der Waals surface area contributed by atoms with Gasteiger partial charge in [0.05, 0.1) is 11.0 Å². The van der Waals surface area contributed by atoms with Crippen LogP contribution in [0.15, 0.2) is 85.1 Å². The van der Waals surface area contributed by atoms with Gasteiger partial charge in [0.2, 0.25) is 5.88 Å². The van der Waals surface area contributed by atoms with E-state index in [-0.39, 0.29) is 11.7 Å². The van der Waals surface area contributed by atoms with E-state index in [9.17, 15) is 5.11 Å². The van der Waals surface area contributed by atoms with Crippen molar-refractivity contribution in [1.82, 2.24) is 14.5 Å². The van der Waals surface area contributed by atoms with Gasteiger partial charge in [-0.2, -0.15) is 0 Å². The molecule has 6 rings (SSSR count). The van der Waals surface area contributed by atoms with E-state index in [1.807, 2.05) is 36.4 Å². The number of hydrogen-bond donors (Lipinski definition) is 1. The number of fused-ring (bicyclic) bond motifs is 4. The normalized spacial score (nSPS) is 11.8. The Labute approximate surface area is 216 Å². The lowest BCUT2D eigenvalue weighted by Gasteiger charge is -2.16. The largest absolute Gasteiger partial charge is 0.506 e. The molecule has 6 aromatic rings. The summed E-state index contributed by atoms with van der Waals surface area (Å²) in [5.41, 5.74) is 4.73. The Hall–Kier alpha value is -4.38. The van der Waals surface area contributed by atoms with Crippen molar-refractivity contribution in [3.63, 3.8) is 0 Å². The number of phenolic OH excluding ortho intramolecular Hbond substituents is 1. The Morgan fingerprint density at radius 3 is 2.32 bits per heavy atom. The van der Waals surface area contributed by atoms with Gasteiger partial charge in [0, 0.05) is 34.0 Å². The quantitative estimate of drug-likeness (QED) is 0.265. The third-order valence-corrected chi connectivity index (χ3v) is 6.94. The Morgan fingerprint density at radius 2 is 1.57 bits per heavy atom. The molecule has 0 atom stereocenters. The predicted octanol–water partition coefficient (Wildman–Crippen LogP) is 8.47. The Morgan fingerprint density at radius 1 is 0.784 bits per heavy atom. The van der Waals surface area contributed by atoms with Gasteiger partial charge in [0.15, 0.2) is 0 Å². The SMILES string of the molecule is CC(C)c1cc(O)c2nc(Oc3ccc4c5ccccc5n(-c5ccccn5)c4c3)c(C(C)C)cc2c1. The second kappa shape index (κ2) is 8.93. The standard InChI is InChI=1S/C32H29N3O2/c1-19(2)21-15-22-16-26(20(3)4)32(34-31(22)29(36)17-21)37-23-12-13-25-24-9-5-6-10-27(24)35(28(25)18-23)30-11-7-8-14-33-30/h5-20,36H,1-4H3. The van der Waals surface area contributed by atoms with Gasteiger partial charge in [-0.25, -0.2) is 9.97 Å². The number of pyridine rings is 2. The van der Waals surface area contributed by atoms with Gasteiger partial charge in [0.25, 0.3) is 0 Å². The summed E-state index contributed by atoms with van der Waals surface area (Å²) in [7, 11) is 0. The molecule has 5 heteroatoms. The zero-order valence-electron chi connectivity index (χ0n) is 21.4. The minimum atomic E-state index is 0.173. The number of benzene rings is 3. The summed E-state index contributed by atoms with van der Waals surface area (Å²) in [6.45, 7) is 8.50. The average molecular weight is 488 g/mol. The molecule has 0 radical (unpaired) electrons. The monoisotopic (exact) mass is 487 g/mol. The van der Waals surface area contributed by atoms with Crippen molar-refractivity contribution in [1.29, 1.82) is 0 Å². The first-order valence-corrected chi connectivity index (χ1v) is 12.7. The molecule has 0 aliphatic rings. The fourth-order valence-corrected chi connectivity index (χ4v) is 4.98. The van der Waals surface area contributed by atoms with E-state index in [0.29, 0.717) is 23.1 Å². The van der Waals surface area contributed by atoms with Crippen molar-refractivity contribution in [2.75, 3.05) is 0 Å². The van der Waals surface area contributed by atoms with Crippen molar-refractivity contribution in [2.24, 2.45) is 0 Å². The molecule has 0 fully saturated rings. The first-order valence-electron chi connectivity index (χ1n) is 12.7. The van der Waals surface area contributed by atoms with E-state index in [1.54, 1.807) is 12.3 Å². The Bertz CT molecular complexity index is 1770. The highest BCUT2D eigenvalue weighted by molar-refractivity contribution is 6.09. The van der Waals surface area contributed by atoms with Crippen LogP contribution in [0.3, 0.4) is 0 Å². The third-order valence-electron chi connectivity index (χ3n) is 6.94. The van der Waals surface area contributed by atoms with Crippen LogP contribution in [-0.4, -0.2) is 19.6 Å². The lowest BCUT2D eigenvalue weighted by Crippen LogP contribution is -2.00. The van der Waals surface area contributed by atoms with Crippen LogP contribution in [0, 0.1) is 0 Å². The molecule has 0 aliphatic heterocycles. The second-order valence-corrected chi connectivity index (χ2v) is 10.1. The maximum atomic E-state index is 10.8. The van der Waals surface area contributed by atoms with Gasteiger partial charge >= 0.3 is 0 Å². The van der Waals surface area contributed by atoms with Crippen molar-refractivity contribution in [2.45, 2.75) is 39.5 Å². The summed E-state index contributed by atoms with van der Waals surface area (Å²) in [4.78, 5) is 9.42. The van der Waals surface area contributed by atoms with Crippen LogP contribution in [0.2, 0.25) is 0 Å². The van der Waals surface area contributed by atoms with E-state index in [4.69, 9.17) is 9.72 Å². The van der Waals surface area contributed by atoms with Crippen LogP contribution in [0.5, 0.6) is 17.4 Å². The maximum Gasteiger partial charge on any atom is 0.223 e. The molecule has 0 saturated carbocycles. The highest BCUT2D eigenvalue weighted by Gasteiger charge is 2.18. The van der Waals surface area contributed by atoms with Crippen LogP contribution >= 0.6 is 0 Å². The van der Waals surface area contributed by atoms with Crippen LogP contribution in [0.4, 0.5) is 0 Å². The summed E-state index contributed by atoms with van der Waals surface area (Å²) < 4.78 is 8.61. The van der Waals surface area contributed by atoms with Gasteiger partial charge < -0.3 is 9.84 Å². The fraction of sp³-hybridized carbons (Fsp3) is 0.188. The second-order valence-electron chi connectivity index (χ2n) is 10.1. The predicted molar refractivity (Wildman–Crippen MR) is 150 cm³/mol. The Kier molecular flexibility index (Phi) is 5.56. The number of ether oxygens (including phenoxy) is 1. The zero-order chi connectivity index (χ0) is 25.7. The number of phenols is 1. The van der Waals surface area contributed by atoms with Crippen molar-refractivity contribution >= 4 is 32.7 Å². The number of nitrogens with zero attached hydrogens (tertiary/aromatic N) is 3. The summed E-state index contributed by atoms with van der Waals surface area (Å²) in [6, 6.07) is 26.4. The molecule has 3 aromatic carbocycles. The number of hydrogen-bond acceptors (Lipinski definition) is 4. The number of para-hydroxylation sites is 1. The van der Waals surface area contributed by atoms with E-state index in [2.05, 4.69) is 73.6 Å². The molecule has 184 valence electrons. The molecule has 37 heavy (non-hydrogen) atoms. The molecule has 0 amide bonds. The molecular formula is C32H29N3O2. The van der Waals surface area contributed by atoms with E-state index in [1.165, 1.54) is 0 Å². The first kappa shape index (κ1) is 23.0. The molecule has 5 nitrogen and oxygen atoms in total. The van der Waals surface area contributed by atoms with Crippen LogP contribution in [-0.2, 0) is 0 Å². The number of aromatic hydroxyl groups is 1. The smallest absolute Gasteiger partial charge is 0.223 e. The molecule has 0 bridgehead atoms. The maximum absolute atomic E-state index is 10.8. The summed E-state index contributed by atoms with van der Waals surface area (Å²) >= 11 is 0. The highest BCUT2D eigenvalue weighted by Crippen LogP contribution is 2.38. The zero-order valence-corrected chi connectivity index (χ0v) is 21.4. The lowest BCUT2D eigenvalue weighted by molar-refractivity contribution is 0.452. The van der Waals surface area contributed by atoms with Crippen LogP contribution < -0.4 is 4.74 Å². The molecule has 0 spiro atoms. The summed E-state index contributed by atoms with van der Waals surface area (Å²) in [5, 5.41) is 14.0. The van der Waals surface area contributed by atoms with E-state index < -0.39 is 0 Å². The van der Waals surface area contributed by atoms with E-state index in [0.717, 1.165) is 44.1 Å². The molecule has 3 aromatic heterocycles. The van der Waals surface area contributed by atoms with Gasteiger partial charge in [-0.3, -0.25) is 4.57 Å². The minimum absolute atomic E-state index is 0.173. The van der Waals surface area contributed by atoms with E-state index >= 15 is 0 Å². The van der Waals surface area contributed by atoms with Gasteiger partial charge in [-0.15, -0.1) is 0 Å². The van der Waals surface area contributed by atoms with Gasteiger partial charge in [0.1, 0.15) is 22.8 Å². The minimum Gasteiger partial charge on any atom is -0.506 e. The van der Waals surface area contributed by atoms with Crippen molar-refractivity contribution in [3.8, 4) is 23.2 Å². The third kappa shape index (κ3) is 3.97. The van der Waals surface area contributed by atoms with Gasteiger partial charge in [-0.05, 0) is 65.9 Å². The molecule has 1 N–H and O–H groups in total. The van der Waals surface area contributed by atoms with Crippen LogP contribution in [0.25, 0.3) is 38.5 Å². The first-order chi connectivity index (χ1) is 17.9. The number of aromatic nitrogens is 3. The van der Waals surface area contributed by atoms with Crippen molar-refractivity contribution in [3.05, 3.63) is 96.2 Å². The molecule has 0 saturated heterocycles. The summed E-state index contributed by atoms with van der Waals surface area (Å²) in [5.74, 6) is 2.72. The number of rotatable bonds is 5. The van der Waals surface area contributed by atoms with Gasteiger partial charge in [-0.1, -0.05) is 52.0 Å². The highest BCUT2D eigenvalue weighted by atomic mass is 16.5. The summed E-state index contributed by atoms with van der Waals surface area (Å²) in [6.07, 6.45) is 1.81. The van der Waals surface area contributed by atoms with Crippen LogP contribution in [0.1, 0.15) is 50.7 Å².